The SMILES string of the molecule is [2H]C([2H])([2H])c1cc(-n2c(-c3ccccc3O)nc3c(-c4[c-]c(-c5cc(-c6ccccc6)ccn5)cc(C(C)(C)C)c4)cccc32)cc(-c2ccccc2)c1C([2H])([2H])[2H].[Pt]. The zero-order valence-corrected chi connectivity index (χ0v) is 31.7. The van der Waals surface area contributed by atoms with E-state index in [4.69, 9.17) is 18.2 Å². The first kappa shape index (κ1) is 28.9. The van der Waals surface area contributed by atoms with E-state index < -0.39 is 13.7 Å². The maximum Gasteiger partial charge on any atom is 0.148 e. The molecule has 0 radical (unpaired) electrons. The summed E-state index contributed by atoms with van der Waals surface area (Å²) in [5, 5.41) is 11.3. The summed E-state index contributed by atoms with van der Waals surface area (Å²) in [7, 11) is 0. The quantitative estimate of drug-likeness (QED) is 0.169. The van der Waals surface area contributed by atoms with E-state index in [1.165, 1.54) is 6.07 Å². The largest absolute Gasteiger partial charge is 0.507 e. The fourth-order valence-corrected chi connectivity index (χ4v) is 6.70. The molecule has 0 spiro atoms. The van der Waals surface area contributed by atoms with Gasteiger partial charge in [-0.1, -0.05) is 123 Å². The van der Waals surface area contributed by atoms with Crippen LogP contribution in [-0.2, 0) is 26.5 Å². The molecule has 0 aliphatic rings. The van der Waals surface area contributed by atoms with Crippen LogP contribution < -0.4 is 0 Å². The molecule has 0 atom stereocenters. The molecule has 53 heavy (non-hydrogen) atoms. The summed E-state index contributed by atoms with van der Waals surface area (Å²) in [5.41, 5.74) is 8.35. The summed E-state index contributed by atoms with van der Waals surface area (Å²) in [6.45, 7) is 0.963. The molecule has 0 aliphatic heterocycles. The fraction of sp³-hybridized carbons (Fsp3) is 0.125. The number of benzene rings is 6. The maximum atomic E-state index is 11.3. The van der Waals surface area contributed by atoms with Crippen LogP contribution in [0.5, 0.6) is 5.75 Å². The number of imidazole rings is 1. The van der Waals surface area contributed by atoms with Crippen molar-refractivity contribution in [1.82, 2.24) is 14.5 Å². The Kier molecular flexibility index (Phi) is 7.89. The van der Waals surface area contributed by atoms with Crippen molar-refractivity contribution >= 4 is 11.0 Å². The van der Waals surface area contributed by atoms with Crippen LogP contribution in [0.25, 0.3) is 72.7 Å². The van der Waals surface area contributed by atoms with E-state index in [1.807, 2.05) is 54.7 Å². The summed E-state index contributed by atoms with van der Waals surface area (Å²) in [6.07, 6.45) is 1.81. The van der Waals surface area contributed by atoms with Crippen LogP contribution in [0, 0.1) is 19.8 Å². The number of aryl methyl sites for hydroxylation is 1. The number of aromatic nitrogens is 3. The number of nitrogens with zero attached hydrogens (tertiary/aromatic N) is 3. The second-order valence-corrected chi connectivity index (χ2v) is 14.0. The molecule has 0 unspecified atom stereocenters. The first-order chi connectivity index (χ1) is 27.6. The number of phenolic OH excluding ortho intramolecular Hbond substituents is 1. The van der Waals surface area contributed by atoms with Crippen LogP contribution in [-0.4, -0.2) is 19.6 Å². The molecule has 1 N–H and O–H groups in total. The van der Waals surface area contributed by atoms with Gasteiger partial charge in [-0.15, -0.1) is 29.3 Å². The van der Waals surface area contributed by atoms with Crippen LogP contribution in [0.2, 0.25) is 0 Å². The van der Waals surface area contributed by atoms with Crippen LogP contribution in [0.4, 0.5) is 0 Å². The summed E-state index contributed by atoms with van der Waals surface area (Å²) >= 11 is 0. The van der Waals surface area contributed by atoms with Crippen molar-refractivity contribution in [3.63, 3.8) is 0 Å². The Morgan fingerprint density at radius 1 is 0.660 bits per heavy atom. The predicted molar refractivity (Wildman–Crippen MR) is 215 cm³/mol. The monoisotopic (exact) mass is 875 g/mol. The minimum Gasteiger partial charge on any atom is -0.507 e. The Morgan fingerprint density at radius 3 is 2.08 bits per heavy atom. The number of aromatic hydroxyl groups is 1. The second kappa shape index (κ2) is 14.5. The van der Waals surface area contributed by atoms with Crippen molar-refractivity contribution in [2.24, 2.45) is 0 Å². The Morgan fingerprint density at radius 2 is 1.36 bits per heavy atom. The van der Waals surface area contributed by atoms with Gasteiger partial charge in [-0.25, -0.2) is 4.98 Å². The number of hydrogen-bond acceptors (Lipinski definition) is 3. The Balaban J connectivity index is 0.00000528. The topological polar surface area (TPSA) is 50.9 Å². The Bertz CT molecular complexity index is 2810. The van der Waals surface area contributed by atoms with Crippen molar-refractivity contribution < 1.29 is 34.4 Å². The van der Waals surface area contributed by atoms with E-state index in [-0.39, 0.29) is 48.9 Å². The molecule has 0 saturated carbocycles. The van der Waals surface area contributed by atoms with Gasteiger partial charge >= 0.3 is 0 Å². The molecule has 0 fully saturated rings. The Labute approximate surface area is 334 Å². The van der Waals surface area contributed by atoms with Crippen molar-refractivity contribution in [1.29, 1.82) is 0 Å². The zero-order chi connectivity index (χ0) is 41.0. The molecular weight excluding hydrogens is 830 g/mol. The summed E-state index contributed by atoms with van der Waals surface area (Å²) in [5.74, 6) is 0.328. The second-order valence-electron chi connectivity index (χ2n) is 14.0. The van der Waals surface area contributed by atoms with Gasteiger partial charge in [-0.05, 0) is 88.9 Å². The van der Waals surface area contributed by atoms with E-state index in [1.54, 1.807) is 59.2 Å². The molecule has 4 nitrogen and oxygen atoms in total. The number of hydrogen-bond donors (Lipinski definition) is 1. The van der Waals surface area contributed by atoms with Crippen molar-refractivity contribution in [2.75, 3.05) is 0 Å². The minimum atomic E-state index is -2.77. The van der Waals surface area contributed by atoms with Gasteiger partial charge in [0.2, 0.25) is 0 Å². The van der Waals surface area contributed by atoms with Crippen LogP contribution in [0.1, 0.15) is 45.7 Å². The number of para-hydroxylation sites is 2. The van der Waals surface area contributed by atoms with Crippen LogP contribution in [0.15, 0.2) is 146 Å². The van der Waals surface area contributed by atoms with Gasteiger partial charge in [0.15, 0.2) is 0 Å². The van der Waals surface area contributed by atoms with Gasteiger partial charge in [0.05, 0.1) is 16.6 Å². The smallest absolute Gasteiger partial charge is 0.148 e. The average molecular weight is 876 g/mol. The molecule has 0 saturated heterocycles. The summed E-state index contributed by atoms with van der Waals surface area (Å²) in [4.78, 5) is 10.0. The normalized spacial score (nSPS) is 13.6. The number of rotatable bonds is 6. The van der Waals surface area contributed by atoms with Gasteiger partial charge in [-0.3, -0.25) is 9.55 Å². The molecule has 6 aromatic carbocycles. The van der Waals surface area contributed by atoms with E-state index >= 15 is 0 Å². The first-order valence-electron chi connectivity index (χ1n) is 20.2. The van der Waals surface area contributed by atoms with Gasteiger partial charge in [-0.2, -0.15) is 0 Å². The molecule has 5 heteroatoms. The van der Waals surface area contributed by atoms with E-state index in [9.17, 15) is 5.11 Å². The summed E-state index contributed by atoms with van der Waals surface area (Å²) < 4.78 is 53.0. The van der Waals surface area contributed by atoms with E-state index in [0.29, 0.717) is 33.7 Å². The molecule has 8 aromatic rings. The third kappa shape index (κ3) is 6.88. The Hall–Kier alpha value is -5.57. The molecule has 2 aromatic heterocycles. The average Bonchev–Trinajstić information content (AvgIpc) is 3.60. The third-order valence-corrected chi connectivity index (χ3v) is 9.46. The molecule has 0 amide bonds. The van der Waals surface area contributed by atoms with Crippen molar-refractivity contribution in [3.8, 4) is 67.5 Å². The van der Waals surface area contributed by atoms with Crippen molar-refractivity contribution in [2.45, 2.75) is 39.9 Å². The molecule has 264 valence electrons. The summed E-state index contributed by atoms with van der Waals surface area (Å²) in [6, 6.07) is 46.8. The minimum absolute atomic E-state index is 0. The molecular formula is C48H40N3OPt-. The molecule has 8 rings (SSSR count). The van der Waals surface area contributed by atoms with Gasteiger partial charge in [0.25, 0.3) is 0 Å². The fourth-order valence-electron chi connectivity index (χ4n) is 6.70. The van der Waals surface area contributed by atoms with Crippen LogP contribution in [0.3, 0.4) is 0 Å². The molecule has 0 aliphatic carbocycles. The zero-order valence-electron chi connectivity index (χ0n) is 35.5. The van der Waals surface area contributed by atoms with E-state index in [0.717, 1.165) is 39.1 Å². The van der Waals surface area contributed by atoms with Gasteiger partial charge in [0, 0.05) is 46.9 Å². The number of pyridine rings is 1. The van der Waals surface area contributed by atoms with Crippen molar-refractivity contribution in [3.05, 3.63) is 168 Å². The molecule has 2 heterocycles. The standard InChI is InChI=1S/C48H40N3O.Pt/c1-31-25-39(30-42(32(31)2)34-17-10-7-11-18-34)51-44-21-14-20-40(46(44)50-47(51)41-19-12-13-22-45(41)52)36-26-37(28-38(27-36)48(3,4)5)43-29-35(23-24-49-43)33-15-8-6-9-16-33;/h6-25,27-30,52H,1-5H3;/q-1;/i1D3,2D3;. The first-order valence-corrected chi connectivity index (χ1v) is 17.2. The van der Waals surface area contributed by atoms with E-state index in [2.05, 4.69) is 57.2 Å². The molecule has 0 bridgehead atoms. The van der Waals surface area contributed by atoms with Gasteiger partial charge < -0.3 is 5.11 Å². The number of phenols is 1. The van der Waals surface area contributed by atoms with Gasteiger partial charge in [0.1, 0.15) is 11.6 Å². The predicted octanol–water partition coefficient (Wildman–Crippen LogP) is 12.2. The number of fused-ring (bicyclic) bond motifs is 1. The van der Waals surface area contributed by atoms with Crippen LogP contribution >= 0.6 is 0 Å². The maximum absolute atomic E-state index is 11.3. The third-order valence-electron chi connectivity index (χ3n) is 9.46.